The fourth-order valence-electron chi connectivity index (χ4n) is 2.22. The number of fused-ring (bicyclic) bond motifs is 1. The molecule has 1 saturated heterocycles. The van der Waals surface area contributed by atoms with Gasteiger partial charge in [0, 0.05) is 6.54 Å². The summed E-state index contributed by atoms with van der Waals surface area (Å²) in [5.41, 5.74) is 0.741. The summed E-state index contributed by atoms with van der Waals surface area (Å²) in [6.07, 6.45) is 0. The lowest BCUT2D eigenvalue weighted by Gasteiger charge is -2.12. The Morgan fingerprint density at radius 2 is 2.30 bits per heavy atom. The average Bonchev–Trinajstić information content (AvgIpc) is 3.04. The van der Waals surface area contributed by atoms with Crippen molar-refractivity contribution in [3.05, 3.63) is 17.7 Å². The smallest absolute Gasteiger partial charge is 0.253 e. The van der Waals surface area contributed by atoms with Gasteiger partial charge in [0.15, 0.2) is 17.5 Å². The van der Waals surface area contributed by atoms with E-state index in [1.165, 1.54) is 0 Å². The molecule has 20 heavy (non-hydrogen) atoms. The quantitative estimate of drug-likeness (QED) is 0.843. The molecule has 1 unspecified atom stereocenters. The first-order valence-corrected chi connectivity index (χ1v) is 6.32. The predicted molar refractivity (Wildman–Crippen MR) is 71.1 cm³/mol. The number of amides is 1. The van der Waals surface area contributed by atoms with E-state index in [1.807, 2.05) is 6.92 Å². The summed E-state index contributed by atoms with van der Waals surface area (Å²) in [7, 11) is 1.55. The number of ether oxygens (including phenoxy) is 3. The molecule has 1 aromatic rings. The third kappa shape index (κ3) is 2.01. The van der Waals surface area contributed by atoms with Crippen LogP contribution in [0.2, 0.25) is 0 Å². The third-order valence-electron chi connectivity index (χ3n) is 3.12. The number of aliphatic imine (C=N–C) groups is 1. The highest BCUT2D eigenvalue weighted by Gasteiger charge is 2.32. The van der Waals surface area contributed by atoms with Crippen molar-refractivity contribution in [2.75, 3.05) is 20.4 Å². The summed E-state index contributed by atoms with van der Waals surface area (Å²) in [6, 6.07) is 3.03. The Bertz CT molecular complexity index is 585. The zero-order valence-electron chi connectivity index (χ0n) is 11.2. The number of guanidine groups is 1. The van der Waals surface area contributed by atoms with Crippen LogP contribution in [-0.4, -0.2) is 32.3 Å². The van der Waals surface area contributed by atoms with Crippen LogP contribution in [0.3, 0.4) is 0 Å². The molecule has 2 heterocycles. The van der Waals surface area contributed by atoms with Crippen LogP contribution in [-0.2, 0) is 4.79 Å². The molecule has 106 valence electrons. The molecule has 1 amide bonds. The first-order chi connectivity index (χ1) is 9.72. The van der Waals surface area contributed by atoms with Crippen molar-refractivity contribution in [3.8, 4) is 17.2 Å². The van der Waals surface area contributed by atoms with Gasteiger partial charge in [0.05, 0.1) is 7.11 Å². The Kier molecular flexibility index (Phi) is 3.09. The molecule has 0 aliphatic carbocycles. The molecule has 1 atom stereocenters. The normalized spacial score (nSPS) is 21.8. The van der Waals surface area contributed by atoms with E-state index in [0.717, 1.165) is 5.56 Å². The lowest BCUT2D eigenvalue weighted by molar-refractivity contribution is -0.120. The van der Waals surface area contributed by atoms with Crippen LogP contribution in [0.1, 0.15) is 18.5 Å². The number of carbonyl (C=O) groups is 1. The maximum atomic E-state index is 12.0. The number of rotatable bonds is 3. The Morgan fingerprint density at radius 3 is 3.05 bits per heavy atom. The summed E-state index contributed by atoms with van der Waals surface area (Å²) in [4.78, 5) is 16.1. The first kappa shape index (κ1) is 12.6. The summed E-state index contributed by atoms with van der Waals surface area (Å²) >= 11 is 0. The maximum Gasteiger partial charge on any atom is 0.253 e. The SMILES string of the molecule is CCN=C1NC(=O)C(c2cc(OC)c3c(c2)OCO3)N1. The van der Waals surface area contributed by atoms with E-state index in [-0.39, 0.29) is 12.7 Å². The van der Waals surface area contributed by atoms with Gasteiger partial charge in [0.2, 0.25) is 12.5 Å². The van der Waals surface area contributed by atoms with Gasteiger partial charge in [0.25, 0.3) is 5.91 Å². The van der Waals surface area contributed by atoms with Crippen molar-refractivity contribution < 1.29 is 19.0 Å². The van der Waals surface area contributed by atoms with E-state index >= 15 is 0 Å². The number of hydrogen-bond acceptors (Lipinski definition) is 5. The molecule has 1 fully saturated rings. The summed E-state index contributed by atoms with van der Waals surface area (Å²) < 4.78 is 16.0. The molecule has 7 nitrogen and oxygen atoms in total. The third-order valence-corrected chi connectivity index (χ3v) is 3.12. The minimum atomic E-state index is -0.510. The lowest BCUT2D eigenvalue weighted by Crippen LogP contribution is -2.25. The molecule has 2 N–H and O–H groups in total. The van der Waals surface area contributed by atoms with Crippen LogP contribution in [0, 0.1) is 0 Å². The number of carbonyl (C=O) groups excluding carboxylic acids is 1. The van der Waals surface area contributed by atoms with Crippen LogP contribution in [0.5, 0.6) is 17.2 Å². The van der Waals surface area contributed by atoms with E-state index in [0.29, 0.717) is 29.8 Å². The van der Waals surface area contributed by atoms with Gasteiger partial charge in [-0.2, -0.15) is 0 Å². The second kappa shape index (κ2) is 4.92. The molecule has 0 bridgehead atoms. The van der Waals surface area contributed by atoms with Crippen molar-refractivity contribution in [1.29, 1.82) is 0 Å². The molecule has 2 aliphatic heterocycles. The highest BCUT2D eigenvalue weighted by Crippen LogP contribution is 2.43. The Labute approximate surface area is 115 Å². The number of nitrogens with one attached hydrogen (secondary N) is 2. The second-order valence-corrected chi connectivity index (χ2v) is 4.35. The van der Waals surface area contributed by atoms with Gasteiger partial charge in [-0.1, -0.05) is 0 Å². The molecule has 0 aromatic heterocycles. The Morgan fingerprint density at radius 1 is 1.45 bits per heavy atom. The monoisotopic (exact) mass is 277 g/mol. The highest BCUT2D eigenvalue weighted by molar-refractivity contribution is 6.06. The molecule has 0 radical (unpaired) electrons. The van der Waals surface area contributed by atoms with Crippen LogP contribution in [0.15, 0.2) is 17.1 Å². The molecular formula is C13H15N3O4. The molecule has 0 saturated carbocycles. The van der Waals surface area contributed by atoms with Crippen LogP contribution < -0.4 is 24.8 Å². The van der Waals surface area contributed by atoms with Gasteiger partial charge in [-0.25, -0.2) is 0 Å². The van der Waals surface area contributed by atoms with E-state index in [4.69, 9.17) is 14.2 Å². The lowest BCUT2D eigenvalue weighted by atomic mass is 10.1. The van der Waals surface area contributed by atoms with Crippen LogP contribution >= 0.6 is 0 Å². The largest absolute Gasteiger partial charge is 0.493 e. The number of methoxy groups -OCH3 is 1. The molecular weight excluding hydrogens is 262 g/mol. The van der Waals surface area contributed by atoms with Gasteiger partial charge < -0.3 is 19.5 Å². The van der Waals surface area contributed by atoms with Crippen molar-refractivity contribution in [1.82, 2.24) is 10.6 Å². The van der Waals surface area contributed by atoms with Crippen molar-refractivity contribution >= 4 is 11.9 Å². The minimum absolute atomic E-state index is 0.155. The second-order valence-electron chi connectivity index (χ2n) is 4.35. The van der Waals surface area contributed by atoms with Crippen molar-refractivity contribution in [3.63, 3.8) is 0 Å². The van der Waals surface area contributed by atoms with Gasteiger partial charge in [0.1, 0.15) is 6.04 Å². The number of nitrogens with zero attached hydrogens (tertiary/aromatic N) is 1. The molecule has 3 rings (SSSR count). The van der Waals surface area contributed by atoms with Crippen molar-refractivity contribution in [2.24, 2.45) is 4.99 Å². The highest BCUT2D eigenvalue weighted by atomic mass is 16.7. The topological polar surface area (TPSA) is 81.2 Å². The molecule has 0 spiro atoms. The van der Waals surface area contributed by atoms with Gasteiger partial charge >= 0.3 is 0 Å². The van der Waals surface area contributed by atoms with E-state index in [9.17, 15) is 4.79 Å². The summed E-state index contributed by atoms with van der Waals surface area (Å²) in [5.74, 6) is 2.02. The Balaban J connectivity index is 1.95. The average molecular weight is 277 g/mol. The zero-order valence-corrected chi connectivity index (χ0v) is 11.2. The zero-order chi connectivity index (χ0) is 14.1. The van der Waals surface area contributed by atoms with E-state index in [2.05, 4.69) is 15.6 Å². The maximum absolute atomic E-state index is 12.0. The minimum Gasteiger partial charge on any atom is -0.493 e. The fraction of sp³-hybridized carbons (Fsp3) is 0.385. The first-order valence-electron chi connectivity index (χ1n) is 6.32. The predicted octanol–water partition coefficient (Wildman–Crippen LogP) is 0.560. The standard InChI is InChI=1S/C13H15N3O4/c1-3-14-13-15-10(12(17)16-13)7-4-8(18-2)11-9(5-7)19-6-20-11/h4-5,10H,3,6H2,1-2H3,(H2,14,15,16,17). The summed E-state index contributed by atoms with van der Waals surface area (Å²) in [5, 5.41) is 5.73. The molecule has 1 aromatic carbocycles. The van der Waals surface area contributed by atoms with E-state index in [1.54, 1.807) is 19.2 Å². The van der Waals surface area contributed by atoms with Crippen LogP contribution in [0.25, 0.3) is 0 Å². The van der Waals surface area contributed by atoms with Crippen molar-refractivity contribution in [2.45, 2.75) is 13.0 Å². The molecule has 2 aliphatic rings. The summed E-state index contributed by atoms with van der Waals surface area (Å²) in [6.45, 7) is 2.65. The van der Waals surface area contributed by atoms with Gasteiger partial charge in [-0.05, 0) is 24.6 Å². The Hall–Kier alpha value is -2.44. The van der Waals surface area contributed by atoms with Gasteiger partial charge in [-0.15, -0.1) is 0 Å². The van der Waals surface area contributed by atoms with Crippen LogP contribution in [0.4, 0.5) is 0 Å². The number of benzene rings is 1. The van der Waals surface area contributed by atoms with E-state index < -0.39 is 6.04 Å². The molecule has 7 heteroatoms. The fourth-order valence-corrected chi connectivity index (χ4v) is 2.22. The van der Waals surface area contributed by atoms with Gasteiger partial charge in [-0.3, -0.25) is 15.1 Å². The number of hydrogen-bond donors (Lipinski definition) is 2.